The van der Waals surface area contributed by atoms with Gasteiger partial charge in [-0.3, -0.25) is 4.79 Å². The lowest BCUT2D eigenvalue weighted by molar-refractivity contribution is -0.137. The van der Waals surface area contributed by atoms with Gasteiger partial charge in [-0.1, -0.05) is 0 Å². The van der Waals surface area contributed by atoms with Crippen LogP contribution >= 0.6 is 11.8 Å². The molecular weight excluding hydrogens is 214 g/mol. The van der Waals surface area contributed by atoms with E-state index in [0.29, 0.717) is 5.75 Å². The van der Waals surface area contributed by atoms with E-state index in [1.54, 1.807) is 7.11 Å². The first-order valence-corrected chi connectivity index (χ1v) is 5.37. The van der Waals surface area contributed by atoms with Crippen LogP contribution in [-0.2, 0) is 4.79 Å². The van der Waals surface area contributed by atoms with E-state index in [2.05, 4.69) is 0 Å². The van der Waals surface area contributed by atoms with Crippen molar-refractivity contribution >= 4 is 17.7 Å². The number of carboxylic acids is 1. The van der Waals surface area contributed by atoms with Crippen molar-refractivity contribution in [2.45, 2.75) is 10.9 Å². The number of rotatable bonds is 5. The number of aliphatic carboxylic acids is 1. The summed E-state index contributed by atoms with van der Waals surface area (Å²) < 4.78 is 5.00. The maximum absolute atomic E-state index is 10.5. The number of benzene rings is 1. The number of thioether (sulfide) groups is 1. The molecule has 0 aromatic heterocycles. The standard InChI is InChI=1S/C10H13NO3S/c1-14-7-2-4-8(5-3-7)15-6-9(11)10(12)13/h2-5,9H,6,11H2,1H3,(H,12,13)/t9-/m0/s1. The molecule has 0 saturated heterocycles. The molecule has 0 unspecified atom stereocenters. The predicted octanol–water partition coefficient (Wildman–Crippen LogP) is 1.20. The fraction of sp³-hybridized carbons (Fsp3) is 0.300. The van der Waals surface area contributed by atoms with Crippen molar-refractivity contribution in [3.8, 4) is 5.75 Å². The third kappa shape index (κ3) is 3.81. The van der Waals surface area contributed by atoms with Crippen molar-refractivity contribution in [2.24, 2.45) is 5.73 Å². The van der Waals surface area contributed by atoms with Crippen LogP contribution in [0, 0.1) is 0 Å². The van der Waals surface area contributed by atoms with Crippen LogP contribution in [0.25, 0.3) is 0 Å². The van der Waals surface area contributed by atoms with Crippen LogP contribution in [-0.4, -0.2) is 30.0 Å². The van der Waals surface area contributed by atoms with E-state index in [9.17, 15) is 4.79 Å². The summed E-state index contributed by atoms with van der Waals surface area (Å²) >= 11 is 1.41. The normalized spacial score (nSPS) is 12.1. The first-order chi connectivity index (χ1) is 7.13. The van der Waals surface area contributed by atoms with Crippen molar-refractivity contribution in [3.63, 3.8) is 0 Å². The molecule has 0 aliphatic heterocycles. The van der Waals surface area contributed by atoms with E-state index in [0.717, 1.165) is 10.6 Å². The van der Waals surface area contributed by atoms with Gasteiger partial charge in [0.15, 0.2) is 0 Å². The summed E-state index contributed by atoms with van der Waals surface area (Å²) in [6.45, 7) is 0. The molecule has 1 rings (SSSR count). The Hall–Kier alpha value is -1.20. The summed E-state index contributed by atoms with van der Waals surface area (Å²) in [6.07, 6.45) is 0. The first kappa shape index (κ1) is 11.9. The second-order valence-electron chi connectivity index (χ2n) is 2.93. The van der Waals surface area contributed by atoms with Gasteiger partial charge in [0.2, 0.25) is 0 Å². The molecule has 15 heavy (non-hydrogen) atoms. The molecule has 1 aromatic carbocycles. The molecule has 3 N–H and O–H groups in total. The topological polar surface area (TPSA) is 72.5 Å². The van der Waals surface area contributed by atoms with Gasteiger partial charge in [-0.15, -0.1) is 11.8 Å². The maximum Gasteiger partial charge on any atom is 0.321 e. The number of nitrogens with two attached hydrogens (primary N) is 1. The molecule has 0 bridgehead atoms. The van der Waals surface area contributed by atoms with Gasteiger partial charge < -0.3 is 15.6 Å². The van der Waals surface area contributed by atoms with Crippen molar-refractivity contribution < 1.29 is 14.6 Å². The van der Waals surface area contributed by atoms with Crippen molar-refractivity contribution in [3.05, 3.63) is 24.3 Å². The Bertz CT molecular complexity index is 326. The summed E-state index contributed by atoms with van der Waals surface area (Å²) in [6, 6.07) is 6.58. The zero-order valence-corrected chi connectivity index (χ0v) is 9.16. The first-order valence-electron chi connectivity index (χ1n) is 4.38. The van der Waals surface area contributed by atoms with Crippen LogP contribution in [0.2, 0.25) is 0 Å². The van der Waals surface area contributed by atoms with Crippen LogP contribution in [0.4, 0.5) is 0 Å². The Balaban J connectivity index is 2.47. The summed E-state index contributed by atoms with van der Waals surface area (Å²) in [5.41, 5.74) is 5.38. The summed E-state index contributed by atoms with van der Waals surface area (Å²) in [7, 11) is 1.60. The highest BCUT2D eigenvalue weighted by Crippen LogP contribution is 2.21. The van der Waals surface area contributed by atoms with Gasteiger partial charge in [-0.25, -0.2) is 0 Å². The highest BCUT2D eigenvalue weighted by Gasteiger charge is 2.11. The SMILES string of the molecule is COc1ccc(SC[C@H](N)C(=O)O)cc1. The van der Waals surface area contributed by atoms with Gasteiger partial charge in [-0.2, -0.15) is 0 Å². The van der Waals surface area contributed by atoms with E-state index in [1.165, 1.54) is 11.8 Å². The Labute approximate surface area is 92.4 Å². The van der Waals surface area contributed by atoms with E-state index in [-0.39, 0.29) is 0 Å². The summed E-state index contributed by atoms with van der Waals surface area (Å²) in [4.78, 5) is 11.4. The number of carbonyl (C=O) groups is 1. The van der Waals surface area contributed by atoms with Crippen molar-refractivity contribution in [1.29, 1.82) is 0 Å². The molecular formula is C10H13NO3S. The molecule has 0 aliphatic carbocycles. The maximum atomic E-state index is 10.5. The fourth-order valence-corrected chi connectivity index (χ4v) is 1.77. The molecule has 1 aromatic rings. The van der Waals surface area contributed by atoms with E-state index < -0.39 is 12.0 Å². The smallest absolute Gasteiger partial charge is 0.321 e. The van der Waals surface area contributed by atoms with Crippen LogP contribution in [0.15, 0.2) is 29.2 Å². The minimum atomic E-state index is -0.976. The number of hydrogen-bond donors (Lipinski definition) is 2. The Morgan fingerprint density at radius 1 is 1.53 bits per heavy atom. The third-order valence-electron chi connectivity index (χ3n) is 1.81. The molecule has 82 valence electrons. The van der Waals surface area contributed by atoms with Gasteiger partial charge in [0, 0.05) is 10.6 Å². The molecule has 5 heteroatoms. The number of ether oxygens (including phenoxy) is 1. The monoisotopic (exact) mass is 227 g/mol. The molecule has 0 saturated carbocycles. The molecule has 0 heterocycles. The van der Waals surface area contributed by atoms with Crippen molar-refractivity contribution in [2.75, 3.05) is 12.9 Å². The van der Waals surface area contributed by atoms with Crippen LogP contribution in [0.3, 0.4) is 0 Å². The van der Waals surface area contributed by atoms with Crippen LogP contribution < -0.4 is 10.5 Å². The highest BCUT2D eigenvalue weighted by atomic mass is 32.2. The highest BCUT2D eigenvalue weighted by molar-refractivity contribution is 7.99. The lowest BCUT2D eigenvalue weighted by Gasteiger charge is -2.06. The second-order valence-corrected chi connectivity index (χ2v) is 4.02. The molecule has 0 fully saturated rings. The van der Waals surface area contributed by atoms with Crippen LogP contribution in [0.1, 0.15) is 0 Å². The van der Waals surface area contributed by atoms with Gasteiger partial charge in [0.25, 0.3) is 0 Å². The Kier molecular flexibility index (Phi) is 4.45. The van der Waals surface area contributed by atoms with E-state index >= 15 is 0 Å². The zero-order chi connectivity index (χ0) is 11.3. The Morgan fingerprint density at radius 3 is 2.60 bits per heavy atom. The number of methoxy groups -OCH3 is 1. The number of carboxylic acid groups (broad SMARTS) is 1. The zero-order valence-electron chi connectivity index (χ0n) is 8.34. The van der Waals surface area contributed by atoms with Gasteiger partial charge in [0.05, 0.1) is 7.11 Å². The average molecular weight is 227 g/mol. The molecule has 0 radical (unpaired) electrons. The largest absolute Gasteiger partial charge is 0.497 e. The summed E-state index contributed by atoms with van der Waals surface area (Å²) in [5, 5.41) is 8.58. The third-order valence-corrected chi connectivity index (χ3v) is 2.94. The number of hydrogen-bond acceptors (Lipinski definition) is 4. The van der Waals surface area contributed by atoms with E-state index in [1.807, 2.05) is 24.3 Å². The molecule has 4 nitrogen and oxygen atoms in total. The minimum Gasteiger partial charge on any atom is -0.497 e. The van der Waals surface area contributed by atoms with Crippen molar-refractivity contribution in [1.82, 2.24) is 0 Å². The Morgan fingerprint density at radius 2 is 2.13 bits per heavy atom. The van der Waals surface area contributed by atoms with E-state index in [4.69, 9.17) is 15.6 Å². The molecule has 0 amide bonds. The lowest BCUT2D eigenvalue weighted by Crippen LogP contribution is -2.32. The van der Waals surface area contributed by atoms with Gasteiger partial charge in [0.1, 0.15) is 11.8 Å². The molecule has 0 spiro atoms. The van der Waals surface area contributed by atoms with Gasteiger partial charge >= 0.3 is 5.97 Å². The fourth-order valence-electron chi connectivity index (χ4n) is 0.929. The second kappa shape index (κ2) is 5.63. The quantitative estimate of drug-likeness (QED) is 0.739. The average Bonchev–Trinajstić information content (AvgIpc) is 2.26. The van der Waals surface area contributed by atoms with Gasteiger partial charge in [-0.05, 0) is 24.3 Å². The minimum absolute atomic E-state index is 0.363. The molecule has 1 atom stereocenters. The molecule has 0 aliphatic rings. The lowest BCUT2D eigenvalue weighted by atomic mass is 10.3. The van der Waals surface area contributed by atoms with Crippen LogP contribution in [0.5, 0.6) is 5.75 Å². The predicted molar refractivity (Wildman–Crippen MR) is 59.3 cm³/mol. The summed E-state index contributed by atoms with van der Waals surface area (Å²) in [5.74, 6) is 0.166.